The van der Waals surface area contributed by atoms with Crippen LogP contribution in [0.2, 0.25) is 5.02 Å². The molecule has 0 saturated carbocycles. The van der Waals surface area contributed by atoms with Crippen LogP contribution in [0.15, 0.2) is 12.1 Å². The molecule has 0 radical (unpaired) electrons. The molecule has 6 heteroatoms. The van der Waals surface area contributed by atoms with Crippen LogP contribution in [-0.4, -0.2) is 48.3 Å². The Kier molecular flexibility index (Phi) is 2.80. The van der Waals surface area contributed by atoms with Crippen LogP contribution in [-0.2, 0) is 0 Å². The van der Waals surface area contributed by atoms with Crippen LogP contribution >= 0.6 is 11.6 Å². The average molecular weight is 270 g/mol. The maximum absolute atomic E-state index is 12.1. The number of aliphatic hydroxyl groups is 1. The number of ether oxygens (including phenoxy) is 2. The van der Waals surface area contributed by atoms with Gasteiger partial charge in [0, 0.05) is 18.7 Å². The number of fused-ring (bicyclic) bond motifs is 1. The minimum atomic E-state index is -0.415. The molecule has 1 amide bonds. The fourth-order valence-corrected chi connectivity index (χ4v) is 2.30. The van der Waals surface area contributed by atoms with E-state index in [2.05, 4.69) is 0 Å². The van der Waals surface area contributed by atoms with Crippen molar-refractivity contribution in [2.75, 3.05) is 26.3 Å². The van der Waals surface area contributed by atoms with Crippen molar-refractivity contribution in [2.24, 2.45) is 0 Å². The number of benzene rings is 1. The van der Waals surface area contributed by atoms with Gasteiger partial charge in [-0.3, -0.25) is 4.79 Å². The first-order valence-corrected chi connectivity index (χ1v) is 6.09. The van der Waals surface area contributed by atoms with Crippen LogP contribution in [0.1, 0.15) is 10.4 Å². The molecule has 1 aromatic rings. The number of aliphatic hydroxyl groups excluding tert-OH is 1. The van der Waals surface area contributed by atoms with E-state index in [0.717, 1.165) is 0 Å². The van der Waals surface area contributed by atoms with Gasteiger partial charge in [-0.05, 0) is 12.1 Å². The summed E-state index contributed by atoms with van der Waals surface area (Å²) in [6.45, 7) is 1.64. The van der Waals surface area contributed by atoms with Crippen LogP contribution in [0, 0.1) is 0 Å². The molecule has 0 bridgehead atoms. The number of hydrogen-bond donors (Lipinski definition) is 1. The Labute approximate surface area is 109 Å². The number of amides is 1. The molecular weight excluding hydrogens is 258 g/mol. The molecule has 1 aromatic carbocycles. The number of hydrogen-bond acceptors (Lipinski definition) is 4. The van der Waals surface area contributed by atoms with Gasteiger partial charge >= 0.3 is 0 Å². The summed E-state index contributed by atoms with van der Waals surface area (Å²) in [5, 5.41) is 9.57. The van der Waals surface area contributed by atoms with Gasteiger partial charge in [-0.2, -0.15) is 0 Å². The minimum Gasteiger partial charge on any atom is -0.486 e. The maximum atomic E-state index is 12.1. The van der Waals surface area contributed by atoms with Crippen LogP contribution in [0.4, 0.5) is 0 Å². The summed E-state index contributed by atoms with van der Waals surface area (Å²) < 4.78 is 10.8. The first-order valence-electron chi connectivity index (χ1n) is 5.71. The molecule has 0 spiro atoms. The van der Waals surface area contributed by atoms with Crippen molar-refractivity contribution in [3.8, 4) is 11.5 Å². The van der Waals surface area contributed by atoms with E-state index in [4.69, 9.17) is 21.1 Å². The fourth-order valence-electron chi connectivity index (χ4n) is 2.04. The second-order valence-corrected chi connectivity index (χ2v) is 4.75. The van der Waals surface area contributed by atoms with Gasteiger partial charge in [0.15, 0.2) is 11.5 Å². The summed E-state index contributed by atoms with van der Waals surface area (Å²) in [6.07, 6.45) is -0.415. The zero-order valence-corrected chi connectivity index (χ0v) is 10.3. The van der Waals surface area contributed by atoms with Gasteiger partial charge in [-0.15, -0.1) is 0 Å². The van der Waals surface area contributed by atoms with E-state index in [0.29, 0.717) is 48.4 Å². The van der Waals surface area contributed by atoms with Gasteiger partial charge in [-0.1, -0.05) is 11.6 Å². The van der Waals surface area contributed by atoms with Gasteiger partial charge in [0.05, 0.1) is 11.1 Å². The highest BCUT2D eigenvalue weighted by Crippen LogP contribution is 2.38. The third kappa shape index (κ3) is 1.89. The van der Waals surface area contributed by atoms with E-state index >= 15 is 0 Å². The monoisotopic (exact) mass is 269 g/mol. The molecule has 1 N–H and O–H groups in total. The second kappa shape index (κ2) is 4.33. The number of halogens is 1. The highest BCUT2D eigenvalue weighted by molar-refractivity contribution is 6.32. The first-order chi connectivity index (χ1) is 8.65. The lowest BCUT2D eigenvalue weighted by atomic mass is 10.1. The Morgan fingerprint density at radius 3 is 2.78 bits per heavy atom. The molecule has 3 rings (SSSR count). The minimum absolute atomic E-state index is 0.154. The molecule has 2 heterocycles. The summed E-state index contributed by atoms with van der Waals surface area (Å²) in [5.74, 6) is 0.834. The molecule has 2 aliphatic heterocycles. The van der Waals surface area contributed by atoms with Crippen molar-refractivity contribution < 1.29 is 19.4 Å². The van der Waals surface area contributed by atoms with E-state index in [1.165, 1.54) is 0 Å². The number of carbonyl (C=O) groups excluding carboxylic acids is 1. The van der Waals surface area contributed by atoms with Crippen molar-refractivity contribution >= 4 is 17.5 Å². The maximum Gasteiger partial charge on any atom is 0.254 e. The zero-order chi connectivity index (χ0) is 12.7. The summed E-state index contributed by atoms with van der Waals surface area (Å²) in [4.78, 5) is 13.6. The summed E-state index contributed by atoms with van der Waals surface area (Å²) in [7, 11) is 0. The topological polar surface area (TPSA) is 59.0 Å². The van der Waals surface area contributed by atoms with Crippen LogP contribution in [0.5, 0.6) is 11.5 Å². The van der Waals surface area contributed by atoms with Gasteiger partial charge in [0.1, 0.15) is 13.2 Å². The predicted molar refractivity (Wildman–Crippen MR) is 64.4 cm³/mol. The molecule has 2 aliphatic rings. The highest BCUT2D eigenvalue weighted by atomic mass is 35.5. The smallest absolute Gasteiger partial charge is 0.254 e. The summed E-state index contributed by atoms with van der Waals surface area (Å²) in [6, 6.07) is 3.20. The Bertz CT molecular complexity index is 499. The van der Waals surface area contributed by atoms with E-state index in [1.54, 1.807) is 17.0 Å². The van der Waals surface area contributed by atoms with Gasteiger partial charge < -0.3 is 19.5 Å². The molecule has 0 aliphatic carbocycles. The molecule has 0 unspecified atom stereocenters. The molecule has 0 atom stereocenters. The van der Waals surface area contributed by atoms with E-state index < -0.39 is 6.10 Å². The van der Waals surface area contributed by atoms with Crippen LogP contribution < -0.4 is 9.47 Å². The number of carbonyl (C=O) groups is 1. The van der Waals surface area contributed by atoms with E-state index in [9.17, 15) is 9.90 Å². The highest BCUT2D eigenvalue weighted by Gasteiger charge is 2.30. The molecule has 18 heavy (non-hydrogen) atoms. The third-order valence-corrected chi connectivity index (χ3v) is 3.27. The predicted octanol–water partition coefficient (Wildman–Crippen LogP) is 0.928. The second-order valence-electron chi connectivity index (χ2n) is 4.35. The number of β-amino-alcohol motifs (C(OH)–C–C–N with tert-alkyl or cyclic N) is 1. The van der Waals surface area contributed by atoms with Gasteiger partial charge in [0.25, 0.3) is 5.91 Å². The Morgan fingerprint density at radius 2 is 2.06 bits per heavy atom. The lowest BCUT2D eigenvalue weighted by Crippen LogP contribution is -2.53. The van der Waals surface area contributed by atoms with Crippen molar-refractivity contribution in [3.05, 3.63) is 22.7 Å². The molecule has 1 fully saturated rings. The van der Waals surface area contributed by atoms with Crippen molar-refractivity contribution in [1.82, 2.24) is 4.90 Å². The quantitative estimate of drug-likeness (QED) is 0.824. The summed E-state index contributed by atoms with van der Waals surface area (Å²) in [5.41, 5.74) is 0.455. The first kappa shape index (κ1) is 11.6. The molecule has 96 valence electrons. The lowest BCUT2D eigenvalue weighted by Gasteiger charge is -2.36. The van der Waals surface area contributed by atoms with E-state index in [1.807, 2.05) is 0 Å². The molecule has 0 aromatic heterocycles. The Balaban J connectivity index is 1.88. The number of likely N-dealkylation sites (tertiary alicyclic amines) is 1. The molecule has 5 nitrogen and oxygen atoms in total. The average Bonchev–Trinajstić information content (AvgIpc) is 2.34. The SMILES string of the molecule is O=C(c1cc(Cl)c2c(c1)OCCO2)N1CC(O)C1. The standard InChI is InChI=1S/C12H12ClNO4/c13-9-3-7(12(16)14-5-8(15)6-14)4-10-11(9)18-2-1-17-10/h3-4,8,15H,1-2,5-6H2. The van der Waals surface area contributed by atoms with E-state index in [-0.39, 0.29) is 5.91 Å². The third-order valence-electron chi connectivity index (χ3n) is 2.99. The number of rotatable bonds is 1. The largest absolute Gasteiger partial charge is 0.486 e. The van der Waals surface area contributed by atoms with Gasteiger partial charge in [-0.25, -0.2) is 0 Å². The van der Waals surface area contributed by atoms with Gasteiger partial charge in [0.2, 0.25) is 0 Å². The number of nitrogens with zero attached hydrogens (tertiary/aromatic N) is 1. The fraction of sp³-hybridized carbons (Fsp3) is 0.417. The van der Waals surface area contributed by atoms with Crippen LogP contribution in [0.25, 0.3) is 0 Å². The summed E-state index contributed by atoms with van der Waals surface area (Å²) >= 11 is 6.06. The van der Waals surface area contributed by atoms with Crippen LogP contribution in [0.3, 0.4) is 0 Å². The zero-order valence-electron chi connectivity index (χ0n) is 9.56. The van der Waals surface area contributed by atoms with Crippen molar-refractivity contribution in [1.29, 1.82) is 0 Å². The molecular formula is C12H12ClNO4. The normalized spacial score (nSPS) is 18.4. The Hall–Kier alpha value is -1.46. The lowest BCUT2D eigenvalue weighted by molar-refractivity contribution is 0.00585. The van der Waals surface area contributed by atoms with Crippen molar-refractivity contribution in [2.45, 2.75) is 6.10 Å². The van der Waals surface area contributed by atoms with Crippen molar-refractivity contribution in [3.63, 3.8) is 0 Å². The molecule has 1 saturated heterocycles. The Morgan fingerprint density at radius 1 is 1.33 bits per heavy atom.